The standard InChI is InChI=1S/C27H28N4O2/c32-27(22-6-5-18-3-1-2-4-21(18)17-22)31-13-8-19(9-14-31)23-7-12-28-26-24(23)29-25(30-26)20-10-15-33-16-11-20/h1-7,12,17,19-20H,8-11,13-16H2,(H,28,29,30). The number of benzene rings is 2. The van der Waals surface area contributed by atoms with E-state index in [1.165, 1.54) is 5.56 Å². The van der Waals surface area contributed by atoms with Gasteiger partial charge in [0.2, 0.25) is 0 Å². The Morgan fingerprint density at radius 2 is 1.73 bits per heavy atom. The number of imidazole rings is 1. The zero-order valence-corrected chi connectivity index (χ0v) is 18.7. The number of amides is 1. The SMILES string of the molecule is O=C(c1ccc2ccccc2c1)N1CCC(c2ccnc3[nH]c(C4CCOCC4)nc23)CC1. The number of carbonyl (C=O) groups is 1. The van der Waals surface area contributed by atoms with Crippen molar-refractivity contribution in [2.75, 3.05) is 26.3 Å². The third kappa shape index (κ3) is 3.89. The average molecular weight is 441 g/mol. The van der Waals surface area contributed by atoms with Gasteiger partial charge in [0.05, 0.1) is 0 Å². The molecule has 1 N–H and O–H groups in total. The predicted octanol–water partition coefficient (Wildman–Crippen LogP) is 5.02. The highest BCUT2D eigenvalue weighted by Gasteiger charge is 2.27. The van der Waals surface area contributed by atoms with E-state index >= 15 is 0 Å². The fourth-order valence-corrected chi connectivity index (χ4v) is 5.34. The van der Waals surface area contributed by atoms with Gasteiger partial charge < -0.3 is 14.6 Å². The van der Waals surface area contributed by atoms with E-state index in [2.05, 4.69) is 28.2 Å². The van der Waals surface area contributed by atoms with Crippen molar-refractivity contribution in [2.24, 2.45) is 0 Å². The largest absolute Gasteiger partial charge is 0.381 e. The van der Waals surface area contributed by atoms with Crippen molar-refractivity contribution in [1.29, 1.82) is 0 Å². The molecular weight excluding hydrogens is 412 g/mol. The Labute approximate surface area is 193 Å². The van der Waals surface area contributed by atoms with Gasteiger partial charge in [-0.2, -0.15) is 0 Å². The van der Waals surface area contributed by atoms with Crippen LogP contribution in [-0.2, 0) is 4.74 Å². The van der Waals surface area contributed by atoms with Crippen LogP contribution in [0.5, 0.6) is 0 Å². The number of aromatic nitrogens is 3. The first-order valence-electron chi connectivity index (χ1n) is 12.0. The van der Waals surface area contributed by atoms with Gasteiger partial charge in [0.25, 0.3) is 5.91 Å². The van der Waals surface area contributed by atoms with Crippen molar-refractivity contribution >= 4 is 27.8 Å². The first-order chi connectivity index (χ1) is 16.3. The zero-order chi connectivity index (χ0) is 22.2. The summed E-state index contributed by atoms with van der Waals surface area (Å²) in [5, 5.41) is 2.27. The van der Waals surface area contributed by atoms with Gasteiger partial charge in [-0.15, -0.1) is 0 Å². The smallest absolute Gasteiger partial charge is 0.253 e. The number of piperidine rings is 1. The van der Waals surface area contributed by atoms with Crippen LogP contribution in [0.4, 0.5) is 0 Å². The number of likely N-dealkylation sites (tertiary alicyclic amines) is 1. The van der Waals surface area contributed by atoms with Crippen molar-refractivity contribution in [3.05, 3.63) is 71.7 Å². The van der Waals surface area contributed by atoms with Crippen molar-refractivity contribution in [1.82, 2.24) is 19.9 Å². The molecule has 33 heavy (non-hydrogen) atoms. The molecule has 0 spiro atoms. The normalized spacial score (nSPS) is 18.2. The van der Waals surface area contributed by atoms with Gasteiger partial charge in [0.1, 0.15) is 11.3 Å². The van der Waals surface area contributed by atoms with Crippen LogP contribution in [0.3, 0.4) is 0 Å². The van der Waals surface area contributed by atoms with Gasteiger partial charge in [-0.25, -0.2) is 9.97 Å². The lowest BCUT2D eigenvalue weighted by Crippen LogP contribution is -2.38. The first-order valence-corrected chi connectivity index (χ1v) is 12.0. The lowest BCUT2D eigenvalue weighted by Gasteiger charge is -2.32. The second-order valence-electron chi connectivity index (χ2n) is 9.23. The van der Waals surface area contributed by atoms with Gasteiger partial charge in [-0.3, -0.25) is 4.79 Å². The minimum Gasteiger partial charge on any atom is -0.381 e. The molecule has 6 nitrogen and oxygen atoms in total. The van der Waals surface area contributed by atoms with Crippen molar-refractivity contribution in [2.45, 2.75) is 37.5 Å². The lowest BCUT2D eigenvalue weighted by molar-refractivity contribution is 0.0713. The number of nitrogens with one attached hydrogen (secondary N) is 1. The summed E-state index contributed by atoms with van der Waals surface area (Å²) in [6.45, 7) is 3.12. The van der Waals surface area contributed by atoms with E-state index in [1.807, 2.05) is 41.4 Å². The molecule has 2 aliphatic rings. The van der Waals surface area contributed by atoms with Gasteiger partial charge in [0, 0.05) is 44.0 Å². The molecule has 2 aromatic carbocycles. The monoisotopic (exact) mass is 440 g/mol. The Bertz CT molecular complexity index is 1300. The fourth-order valence-electron chi connectivity index (χ4n) is 5.34. The number of nitrogens with zero attached hydrogens (tertiary/aromatic N) is 3. The second-order valence-corrected chi connectivity index (χ2v) is 9.23. The number of H-pyrrole nitrogens is 1. The molecule has 2 aromatic heterocycles. The predicted molar refractivity (Wildman–Crippen MR) is 129 cm³/mol. The van der Waals surface area contributed by atoms with E-state index < -0.39 is 0 Å². The third-order valence-corrected chi connectivity index (χ3v) is 7.26. The van der Waals surface area contributed by atoms with E-state index in [-0.39, 0.29) is 5.91 Å². The van der Waals surface area contributed by atoms with Crippen LogP contribution >= 0.6 is 0 Å². The van der Waals surface area contributed by atoms with Crippen LogP contribution < -0.4 is 0 Å². The summed E-state index contributed by atoms with van der Waals surface area (Å²) in [5.41, 5.74) is 3.90. The summed E-state index contributed by atoms with van der Waals surface area (Å²) in [7, 11) is 0. The molecular formula is C27H28N4O2. The highest BCUT2D eigenvalue weighted by atomic mass is 16.5. The average Bonchev–Trinajstić information content (AvgIpc) is 3.33. The summed E-state index contributed by atoms with van der Waals surface area (Å²) in [5.74, 6) is 1.97. The molecule has 0 bridgehead atoms. The minimum atomic E-state index is 0.126. The van der Waals surface area contributed by atoms with E-state index in [9.17, 15) is 4.79 Å². The molecule has 168 valence electrons. The van der Waals surface area contributed by atoms with Crippen LogP contribution in [-0.4, -0.2) is 52.1 Å². The van der Waals surface area contributed by atoms with Crippen molar-refractivity contribution < 1.29 is 9.53 Å². The fraction of sp³-hybridized carbons (Fsp3) is 0.370. The molecule has 2 fully saturated rings. The van der Waals surface area contributed by atoms with E-state index in [4.69, 9.17) is 9.72 Å². The Kier molecular flexibility index (Phi) is 5.30. The van der Waals surface area contributed by atoms with E-state index in [1.54, 1.807) is 0 Å². The Hall–Kier alpha value is -3.25. The molecule has 1 amide bonds. The maximum Gasteiger partial charge on any atom is 0.253 e. The lowest BCUT2D eigenvalue weighted by atomic mass is 9.89. The number of ether oxygens (including phenoxy) is 1. The van der Waals surface area contributed by atoms with Crippen LogP contribution in [0.1, 0.15) is 59.3 Å². The summed E-state index contributed by atoms with van der Waals surface area (Å²) >= 11 is 0. The van der Waals surface area contributed by atoms with Gasteiger partial charge in [-0.05, 0) is 66.1 Å². The quantitative estimate of drug-likeness (QED) is 0.485. The molecule has 2 saturated heterocycles. The Morgan fingerprint density at radius 3 is 2.55 bits per heavy atom. The summed E-state index contributed by atoms with van der Waals surface area (Å²) in [6, 6.07) is 16.3. The van der Waals surface area contributed by atoms with E-state index in [0.717, 1.165) is 85.3 Å². The molecule has 0 atom stereocenters. The second kappa shape index (κ2) is 8.60. The summed E-state index contributed by atoms with van der Waals surface area (Å²) < 4.78 is 5.51. The molecule has 4 aromatic rings. The number of hydrogen-bond donors (Lipinski definition) is 1. The highest BCUT2D eigenvalue weighted by molar-refractivity contribution is 5.98. The number of aromatic amines is 1. The van der Waals surface area contributed by atoms with Crippen LogP contribution in [0.15, 0.2) is 54.7 Å². The first kappa shape index (κ1) is 20.4. The molecule has 0 saturated carbocycles. The number of rotatable bonds is 3. The molecule has 0 radical (unpaired) electrons. The van der Waals surface area contributed by atoms with Gasteiger partial charge in [-0.1, -0.05) is 30.3 Å². The molecule has 2 aliphatic heterocycles. The van der Waals surface area contributed by atoms with Crippen LogP contribution in [0.2, 0.25) is 0 Å². The molecule has 0 aliphatic carbocycles. The third-order valence-electron chi connectivity index (χ3n) is 7.26. The number of hydrogen-bond acceptors (Lipinski definition) is 4. The molecule has 6 rings (SSSR count). The van der Waals surface area contributed by atoms with Gasteiger partial charge >= 0.3 is 0 Å². The van der Waals surface area contributed by atoms with Crippen molar-refractivity contribution in [3.63, 3.8) is 0 Å². The number of fused-ring (bicyclic) bond motifs is 2. The maximum absolute atomic E-state index is 13.2. The minimum absolute atomic E-state index is 0.126. The van der Waals surface area contributed by atoms with Crippen LogP contribution in [0, 0.1) is 0 Å². The topological polar surface area (TPSA) is 71.1 Å². The van der Waals surface area contributed by atoms with E-state index in [0.29, 0.717) is 11.8 Å². The highest BCUT2D eigenvalue weighted by Crippen LogP contribution is 2.34. The summed E-state index contributed by atoms with van der Waals surface area (Å²) in [4.78, 5) is 28.2. The molecule has 0 unspecified atom stereocenters. The molecule has 4 heterocycles. The Balaban J connectivity index is 1.18. The number of pyridine rings is 1. The van der Waals surface area contributed by atoms with Crippen molar-refractivity contribution in [3.8, 4) is 0 Å². The van der Waals surface area contributed by atoms with Crippen LogP contribution in [0.25, 0.3) is 21.9 Å². The Morgan fingerprint density at radius 1 is 0.939 bits per heavy atom. The zero-order valence-electron chi connectivity index (χ0n) is 18.7. The number of carbonyl (C=O) groups excluding carboxylic acids is 1. The van der Waals surface area contributed by atoms with Gasteiger partial charge in [0.15, 0.2) is 5.65 Å². The maximum atomic E-state index is 13.2. The molecule has 6 heteroatoms. The summed E-state index contributed by atoms with van der Waals surface area (Å²) in [6.07, 6.45) is 5.78.